The largest absolute Gasteiger partial charge is 0.495 e. The van der Waals surface area contributed by atoms with Gasteiger partial charge in [0.2, 0.25) is 10.0 Å². The molecule has 11 heteroatoms. The lowest BCUT2D eigenvalue weighted by atomic mass is 10.1. The number of ether oxygens (including phenoxy) is 1. The van der Waals surface area contributed by atoms with E-state index in [2.05, 4.69) is 15.0 Å². The number of aryl methyl sites for hydroxylation is 2. The van der Waals surface area contributed by atoms with Crippen molar-refractivity contribution in [1.82, 2.24) is 19.7 Å². The summed E-state index contributed by atoms with van der Waals surface area (Å²) in [6, 6.07) is 12.9. The Balaban J connectivity index is 1.72. The predicted octanol–water partition coefficient (Wildman–Crippen LogP) is 3.13. The van der Waals surface area contributed by atoms with E-state index in [9.17, 15) is 17.6 Å². The molecule has 0 amide bonds. The van der Waals surface area contributed by atoms with Crippen molar-refractivity contribution >= 4 is 10.0 Å². The van der Waals surface area contributed by atoms with E-state index < -0.39 is 15.8 Å². The normalized spacial score (nSPS) is 11.5. The van der Waals surface area contributed by atoms with Crippen molar-refractivity contribution in [1.29, 1.82) is 0 Å². The molecule has 0 unspecified atom stereocenters. The lowest BCUT2D eigenvalue weighted by Crippen LogP contribution is -2.24. The van der Waals surface area contributed by atoms with Gasteiger partial charge in [-0.25, -0.2) is 17.5 Å². The highest BCUT2D eigenvalue weighted by Gasteiger charge is 2.21. The van der Waals surface area contributed by atoms with E-state index in [0.29, 0.717) is 34.0 Å². The molecule has 0 spiro atoms. The summed E-state index contributed by atoms with van der Waals surface area (Å²) >= 11 is 0. The van der Waals surface area contributed by atoms with Gasteiger partial charge in [-0.2, -0.15) is 9.78 Å². The van der Waals surface area contributed by atoms with Crippen LogP contribution < -0.4 is 15.0 Å². The molecular formula is C23H21FN4O5S. The van der Waals surface area contributed by atoms with Gasteiger partial charge in [0.15, 0.2) is 5.76 Å². The van der Waals surface area contributed by atoms with Crippen molar-refractivity contribution in [2.75, 3.05) is 7.11 Å². The van der Waals surface area contributed by atoms with Gasteiger partial charge < -0.3 is 9.26 Å². The molecule has 0 fully saturated rings. The molecule has 0 aliphatic rings. The molecule has 4 aromatic rings. The van der Waals surface area contributed by atoms with Gasteiger partial charge in [-0.05, 0) is 55.8 Å². The molecule has 0 radical (unpaired) electrons. The second-order valence-corrected chi connectivity index (χ2v) is 9.19. The van der Waals surface area contributed by atoms with Gasteiger partial charge in [0, 0.05) is 18.2 Å². The van der Waals surface area contributed by atoms with Gasteiger partial charge in [0.05, 0.1) is 12.8 Å². The Labute approximate surface area is 194 Å². The molecule has 0 saturated heterocycles. The number of hydrogen-bond donors (Lipinski definition) is 1. The molecule has 176 valence electrons. The van der Waals surface area contributed by atoms with Crippen LogP contribution in [0.4, 0.5) is 4.39 Å². The van der Waals surface area contributed by atoms with Crippen LogP contribution in [0.3, 0.4) is 0 Å². The van der Waals surface area contributed by atoms with E-state index in [1.807, 2.05) is 0 Å². The Kier molecular flexibility index (Phi) is 6.31. The molecule has 9 nitrogen and oxygen atoms in total. The summed E-state index contributed by atoms with van der Waals surface area (Å²) in [6.45, 7) is 3.32. The minimum atomic E-state index is -4.01. The standard InChI is InChI=1S/C23H21FN4O5S/c1-14-23(15(2)33-27-14)28-22(29)11-9-19(26-28)17-6-10-20(32-3)21(12-17)34(30,31)25-13-16-4-7-18(24)8-5-16/h4-12,25H,13H2,1-3H3. The number of hydrogen-bond acceptors (Lipinski definition) is 7. The van der Waals surface area contributed by atoms with Crippen LogP contribution in [0.1, 0.15) is 17.0 Å². The molecular weight excluding hydrogens is 463 g/mol. The molecule has 2 heterocycles. The maximum absolute atomic E-state index is 13.1. The van der Waals surface area contributed by atoms with Crippen molar-refractivity contribution in [2.45, 2.75) is 25.3 Å². The first-order valence-electron chi connectivity index (χ1n) is 10.2. The third kappa shape index (κ3) is 4.61. The lowest BCUT2D eigenvalue weighted by molar-refractivity contribution is 0.392. The van der Waals surface area contributed by atoms with Gasteiger partial charge in [0.25, 0.3) is 5.56 Å². The van der Waals surface area contributed by atoms with Crippen LogP contribution >= 0.6 is 0 Å². The van der Waals surface area contributed by atoms with Crippen LogP contribution in [0.5, 0.6) is 5.75 Å². The van der Waals surface area contributed by atoms with Crippen LogP contribution in [-0.4, -0.2) is 30.5 Å². The van der Waals surface area contributed by atoms with E-state index >= 15 is 0 Å². The monoisotopic (exact) mass is 484 g/mol. The summed E-state index contributed by atoms with van der Waals surface area (Å²) in [5, 5.41) is 8.26. The SMILES string of the molecule is COc1ccc(-c2ccc(=O)n(-c3c(C)noc3C)n2)cc1S(=O)(=O)NCc1ccc(F)cc1. The van der Waals surface area contributed by atoms with Gasteiger partial charge >= 0.3 is 0 Å². The average Bonchev–Trinajstić information content (AvgIpc) is 3.16. The third-order valence-electron chi connectivity index (χ3n) is 5.14. The third-order valence-corrected chi connectivity index (χ3v) is 6.56. The van der Waals surface area contributed by atoms with Crippen LogP contribution in [-0.2, 0) is 16.6 Å². The Bertz CT molecular complexity index is 1490. The molecule has 1 N–H and O–H groups in total. The number of sulfonamides is 1. The van der Waals surface area contributed by atoms with E-state index in [1.54, 1.807) is 19.9 Å². The predicted molar refractivity (Wildman–Crippen MR) is 122 cm³/mol. The fourth-order valence-electron chi connectivity index (χ4n) is 3.41. The minimum absolute atomic E-state index is 0.0365. The first-order valence-corrected chi connectivity index (χ1v) is 11.6. The van der Waals surface area contributed by atoms with Gasteiger partial charge in [-0.3, -0.25) is 4.79 Å². The van der Waals surface area contributed by atoms with Crippen molar-refractivity contribution in [3.8, 4) is 22.7 Å². The smallest absolute Gasteiger partial charge is 0.271 e. The highest BCUT2D eigenvalue weighted by atomic mass is 32.2. The second kappa shape index (κ2) is 9.20. The zero-order chi connectivity index (χ0) is 24.5. The van der Waals surface area contributed by atoms with E-state index in [-0.39, 0.29) is 22.7 Å². The van der Waals surface area contributed by atoms with Crippen LogP contribution in [0, 0.1) is 19.7 Å². The number of benzene rings is 2. The highest BCUT2D eigenvalue weighted by molar-refractivity contribution is 7.89. The molecule has 0 saturated carbocycles. The molecule has 2 aromatic heterocycles. The first kappa shape index (κ1) is 23.3. The molecule has 34 heavy (non-hydrogen) atoms. The van der Waals surface area contributed by atoms with Crippen LogP contribution in [0.15, 0.2) is 68.8 Å². The summed E-state index contributed by atoms with van der Waals surface area (Å²) < 4.78 is 53.3. The number of aromatic nitrogens is 3. The Morgan fingerprint density at radius 3 is 2.47 bits per heavy atom. The summed E-state index contributed by atoms with van der Waals surface area (Å²) in [7, 11) is -2.64. The zero-order valence-electron chi connectivity index (χ0n) is 18.6. The van der Waals surface area contributed by atoms with Crippen molar-refractivity contribution in [3.05, 3.63) is 87.8 Å². The Morgan fingerprint density at radius 1 is 1.09 bits per heavy atom. The second-order valence-electron chi connectivity index (χ2n) is 7.46. The number of nitrogens with zero attached hydrogens (tertiary/aromatic N) is 3. The number of rotatable bonds is 7. The number of methoxy groups -OCH3 is 1. The molecule has 0 bridgehead atoms. The van der Waals surface area contributed by atoms with Crippen molar-refractivity contribution in [2.24, 2.45) is 0 Å². The Hall–Kier alpha value is -3.83. The van der Waals surface area contributed by atoms with Crippen molar-refractivity contribution in [3.63, 3.8) is 0 Å². The average molecular weight is 485 g/mol. The zero-order valence-corrected chi connectivity index (χ0v) is 19.4. The molecule has 2 aromatic carbocycles. The number of halogens is 1. The summed E-state index contributed by atoms with van der Waals surface area (Å²) in [6.07, 6.45) is 0. The summed E-state index contributed by atoms with van der Waals surface area (Å²) in [5.74, 6) is 0.146. The maximum atomic E-state index is 13.1. The maximum Gasteiger partial charge on any atom is 0.271 e. The van der Waals surface area contributed by atoms with E-state index in [1.165, 1.54) is 60.3 Å². The van der Waals surface area contributed by atoms with Gasteiger partial charge in [-0.1, -0.05) is 17.3 Å². The van der Waals surface area contributed by atoms with E-state index in [0.717, 1.165) is 0 Å². The summed E-state index contributed by atoms with van der Waals surface area (Å²) in [5.41, 5.74) is 1.93. The molecule has 0 atom stereocenters. The summed E-state index contributed by atoms with van der Waals surface area (Å²) in [4.78, 5) is 12.3. The minimum Gasteiger partial charge on any atom is -0.495 e. The first-order chi connectivity index (χ1) is 16.2. The number of nitrogens with one attached hydrogen (secondary N) is 1. The molecule has 0 aliphatic carbocycles. The molecule has 4 rings (SSSR count). The van der Waals surface area contributed by atoms with Gasteiger partial charge in [-0.15, -0.1) is 0 Å². The van der Waals surface area contributed by atoms with Crippen LogP contribution in [0.25, 0.3) is 16.9 Å². The lowest BCUT2D eigenvalue weighted by Gasteiger charge is -2.13. The topological polar surface area (TPSA) is 116 Å². The molecule has 0 aliphatic heterocycles. The van der Waals surface area contributed by atoms with Gasteiger partial charge in [0.1, 0.15) is 27.8 Å². The fraction of sp³-hybridized carbons (Fsp3) is 0.174. The quantitative estimate of drug-likeness (QED) is 0.428. The Morgan fingerprint density at radius 2 is 1.82 bits per heavy atom. The van der Waals surface area contributed by atoms with Crippen LogP contribution in [0.2, 0.25) is 0 Å². The van der Waals surface area contributed by atoms with Crippen molar-refractivity contribution < 1.29 is 22.1 Å². The highest BCUT2D eigenvalue weighted by Crippen LogP contribution is 2.29. The van der Waals surface area contributed by atoms with E-state index in [4.69, 9.17) is 9.26 Å². The fourth-order valence-corrected chi connectivity index (χ4v) is 4.62.